The number of non-ortho nitro benzene ring substituents is 1. The highest BCUT2D eigenvalue weighted by Gasteiger charge is 2.16. The van der Waals surface area contributed by atoms with Gasteiger partial charge in [-0.15, -0.1) is 0 Å². The maximum absolute atomic E-state index is 13.7. The molecule has 1 atom stereocenters. The van der Waals surface area contributed by atoms with E-state index in [2.05, 4.69) is 5.32 Å². The van der Waals surface area contributed by atoms with Crippen LogP contribution >= 0.6 is 0 Å². The number of amides is 1. The Morgan fingerprint density at radius 2 is 1.85 bits per heavy atom. The number of carbonyl (C=O) groups excluding carboxylic acids is 2. The summed E-state index contributed by atoms with van der Waals surface area (Å²) in [5.74, 6) is -3.06. The van der Waals surface area contributed by atoms with Crippen molar-refractivity contribution < 1.29 is 28.0 Å². The van der Waals surface area contributed by atoms with Gasteiger partial charge in [0.05, 0.1) is 16.5 Å². The number of benzene rings is 2. The summed E-state index contributed by atoms with van der Waals surface area (Å²) in [6.45, 7) is 0.870. The predicted molar refractivity (Wildman–Crippen MR) is 86.3 cm³/mol. The van der Waals surface area contributed by atoms with E-state index in [1.807, 2.05) is 0 Å². The number of carbonyl (C=O) groups is 2. The van der Waals surface area contributed by atoms with Gasteiger partial charge in [-0.1, -0.05) is 6.07 Å². The van der Waals surface area contributed by atoms with E-state index in [4.69, 9.17) is 4.74 Å². The van der Waals surface area contributed by atoms with Gasteiger partial charge in [-0.3, -0.25) is 14.9 Å². The molecule has 0 aliphatic rings. The summed E-state index contributed by atoms with van der Waals surface area (Å²) in [6.07, 6.45) is 0. The number of nitro benzene ring substituents is 1. The summed E-state index contributed by atoms with van der Waals surface area (Å²) in [4.78, 5) is 33.5. The minimum Gasteiger partial charge on any atom is -0.452 e. The fourth-order valence-corrected chi connectivity index (χ4v) is 2.15. The van der Waals surface area contributed by atoms with Gasteiger partial charge in [0, 0.05) is 23.8 Å². The van der Waals surface area contributed by atoms with Crippen LogP contribution < -0.4 is 5.32 Å². The summed E-state index contributed by atoms with van der Waals surface area (Å²) in [5.41, 5.74) is -0.0584. The number of hydrogen-bond donors (Lipinski definition) is 1. The average Bonchev–Trinajstić information content (AvgIpc) is 2.59. The molecule has 136 valence electrons. The molecule has 0 bridgehead atoms. The molecule has 26 heavy (non-hydrogen) atoms. The first kappa shape index (κ1) is 19.0. The van der Waals surface area contributed by atoms with E-state index < -0.39 is 41.1 Å². The molecule has 2 aromatic carbocycles. The molecular weight excluding hydrogens is 350 g/mol. The molecule has 0 unspecified atom stereocenters. The number of hydrogen-bond acceptors (Lipinski definition) is 5. The van der Waals surface area contributed by atoms with Crippen LogP contribution in [0.5, 0.6) is 0 Å². The number of rotatable bonds is 6. The predicted octanol–water partition coefficient (Wildman–Crippen LogP) is 2.91. The highest BCUT2D eigenvalue weighted by molar-refractivity contribution is 5.91. The normalized spacial score (nSPS) is 11.5. The van der Waals surface area contributed by atoms with Crippen LogP contribution in [0.3, 0.4) is 0 Å². The summed E-state index contributed by atoms with van der Waals surface area (Å²) >= 11 is 0. The first-order valence-corrected chi connectivity index (χ1v) is 7.44. The van der Waals surface area contributed by atoms with Gasteiger partial charge < -0.3 is 10.1 Å². The summed E-state index contributed by atoms with van der Waals surface area (Å²) in [7, 11) is 0. The highest BCUT2D eigenvalue weighted by atomic mass is 19.1. The van der Waals surface area contributed by atoms with Crippen molar-refractivity contribution in [3.05, 3.63) is 75.3 Å². The van der Waals surface area contributed by atoms with Crippen LogP contribution in [0.1, 0.15) is 28.9 Å². The molecule has 0 saturated heterocycles. The van der Waals surface area contributed by atoms with E-state index in [1.165, 1.54) is 25.1 Å². The van der Waals surface area contributed by atoms with Crippen LogP contribution in [-0.4, -0.2) is 23.4 Å². The SMILES string of the molecule is C[C@@H](NC(=O)COC(=O)c1ccc([N+](=O)[O-])cc1)c1ccc(F)cc1F. The van der Waals surface area contributed by atoms with Crippen LogP contribution in [0.4, 0.5) is 14.5 Å². The zero-order valence-electron chi connectivity index (χ0n) is 13.6. The largest absolute Gasteiger partial charge is 0.452 e. The lowest BCUT2D eigenvalue weighted by atomic mass is 10.1. The number of nitrogens with one attached hydrogen (secondary N) is 1. The van der Waals surface area contributed by atoms with Crippen molar-refractivity contribution in [1.82, 2.24) is 5.32 Å². The molecule has 0 heterocycles. The Morgan fingerprint density at radius 1 is 1.19 bits per heavy atom. The number of nitro groups is 1. The van der Waals surface area contributed by atoms with E-state index in [0.717, 1.165) is 18.2 Å². The highest BCUT2D eigenvalue weighted by Crippen LogP contribution is 2.17. The van der Waals surface area contributed by atoms with Gasteiger partial charge in [-0.05, 0) is 25.1 Å². The van der Waals surface area contributed by atoms with Crippen LogP contribution in [0, 0.1) is 21.7 Å². The summed E-state index contributed by atoms with van der Waals surface area (Å²) in [6, 6.07) is 6.89. The van der Waals surface area contributed by atoms with E-state index in [-0.39, 0.29) is 16.8 Å². The van der Waals surface area contributed by atoms with Crippen molar-refractivity contribution in [2.24, 2.45) is 0 Å². The second-order valence-electron chi connectivity index (χ2n) is 5.34. The van der Waals surface area contributed by atoms with Crippen LogP contribution in [0.2, 0.25) is 0 Å². The zero-order chi connectivity index (χ0) is 19.3. The fraction of sp³-hybridized carbons (Fsp3) is 0.176. The Morgan fingerprint density at radius 3 is 2.42 bits per heavy atom. The molecule has 1 amide bonds. The van der Waals surface area contributed by atoms with Crippen LogP contribution in [-0.2, 0) is 9.53 Å². The second kappa shape index (κ2) is 8.15. The summed E-state index contributed by atoms with van der Waals surface area (Å²) < 4.78 is 31.3. The molecule has 0 aliphatic heterocycles. The van der Waals surface area contributed by atoms with Crippen molar-refractivity contribution >= 4 is 17.6 Å². The minimum absolute atomic E-state index is 0.0426. The summed E-state index contributed by atoms with van der Waals surface area (Å²) in [5, 5.41) is 13.0. The molecule has 0 fully saturated rings. The molecular formula is C17H14F2N2O5. The molecule has 0 saturated carbocycles. The van der Waals surface area contributed by atoms with Gasteiger partial charge in [-0.25, -0.2) is 13.6 Å². The number of halogens is 2. The topological polar surface area (TPSA) is 98.5 Å². The monoisotopic (exact) mass is 364 g/mol. The molecule has 9 heteroatoms. The number of nitrogens with zero attached hydrogens (tertiary/aromatic N) is 1. The van der Waals surface area contributed by atoms with E-state index in [9.17, 15) is 28.5 Å². The fourth-order valence-electron chi connectivity index (χ4n) is 2.15. The molecule has 0 radical (unpaired) electrons. The Kier molecular flexibility index (Phi) is 5.94. The van der Waals surface area contributed by atoms with Crippen molar-refractivity contribution in [3.63, 3.8) is 0 Å². The Hall–Kier alpha value is -3.36. The first-order valence-electron chi connectivity index (χ1n) is 7.44. The number of esters is 1. The quantitative estimate of drug-likeness (QED) is 0.483. The third-order valence-corrected chi connectivity index (χ3v) is 3.45. The molecule has 0 aromatic heterocycles. The first-order chi connectivity index (χ1) is 12.3. The van der Waals surface area contributed by atoms with Crippen molar-refractivity contribution in [2.75, 3.05) is 6.61 Å². The van der Waals surface area contributed by atoms with Crippen LogP contribution in [0.15, 0.2) is 42.5 Å². The molecule has 0 spiro atoms. The maximum Gasteiger partial charge on any atom is 0.338 e. The standard InChI is InChI=1S/C17H14F2N2O5/c1-10(14-7-4-12(18)8-15(14)19)20-16(22)9-26-17(23)11-2-5-13(6-3-11)21(24)25/h2-8,10H,9H2,1H3,(H,20,22)/t10-/m1/s1. The van der Waals surface area contributed by atoms with Gasteiger partial charge in [0.2, 0.25) is 0 Å². The molecule has 1 N–H and O–H groups in total. The van der Waals surface area contributed by atoms with Gasteiger partial charge in [-0.2, -0.15) is 0 Å². The maximum atomic E-state index is 13.7. The lowest BCUT2D eigenvalue weighted by Crippen LogP contribution is -2.31. The third kappa shape index (κ3) is 4.82. The lowest BCUT2D eigenvalue weighted by molar-refractivity contribution is -0.384. The molecule has 2 rings (SSSR count). The van der Waals surface area contributed by atoms with E-state index in [1.54, 1.807) is 0 Å². The van der Waals surface area contributed by atoms with Gasteiger partial charge in [0.15, 0.2) is 6.61 Å². The van der Waals surface area contributed by atoms with Crippen molar-refractivity contribution in [2.45, 2.75) is 13.0 Å². The van der Waals surface area contributed by atoms with Gasteiger partial charge in [0.1, 0.15) is 11.6 Å². The lowest BCUT2D eigenvalue weighted by Gasteiger charge is -2.15. The molecule has 2 aromatic rings. The smallest absolute Gasteiger partial charge is 0.338 e. The van der Waals surface area contributed by atoms with Crippen LogP contribution in [0.25, 0.3) is 0 Å². The van der Waals surface area contributed by atoms with Crippen molar-refractivity contribution in [1.29, 1.82) is 0 Å². The Labute approximate surface area is 146 Å². The molecule has 0 aliphatic carbocycles. The Balaban J connectivity index is 1.89. The Bertz CT molecular complexity index is 840. The second-order valence-corrected chi connectivity index (χ2v) is 5.34. The minimum atomic E-state index is -0.837. The van der Waals surface area contributed by atoms with E-state index in [0.29, 0.717) is 6.07 Å². The van der Waals surface area contributed by atoms with Crippen molar-refractivity contribution in [3.8, 4) is 0 Å². The van der Waals surface area contributed by atoms with Gasteiger partial charge >= 0.3 is 5.97 Å². The zero-order valence-corrected chi connectivity index (χ0v) is 13.6. The van der Waals surface area contributed by atoms with Gasteiger partial charge in [0.25, 0.3) is 11.6 Å². The van der Waals surface area contributed by atoms with E-state index >= 15 is 0 Å². The number of ether oxygens (including phenoxy) is 1. The average molecular weight is 364 g/mol. The third-order valence-electron chi connectivity index (χ3n) is 3.45. The molecule has 7 nitrogen and oxygen atoms in total.